The largest absolute Gasteiger partial charge is 0.497 e. The highest BCUT2D eigenvalue weighted by molar-refractivity contribution is 5.28. The minimum atomic E-state index is 0.420. The van der Waals surface area contributed by atoms with Gasteiger partial charge in [0.05, 0.1) is 7.11 Å². The van der Waals surface area contributed by atoms with E-state index in [2.05, 4.69) is 23.1 Å². The van der Waals surface area contributed by atoms with Crippen molar-refractivity contribution in [3.8, 4) is 5.75 Å². The van der Waals surface area contributed by atoms with Gasteiger partial charge in [0.15, 0.2) is 0 Å². The molecule has 3 nitrogen and oxygen atoms in total. The van der Waals surface area contributed by atoms with Crippen molar-refractivity contribution >= 4 is 0 Å². The van der Waals surface area contributed by atoms with Crippen LogP contribution in [0.3, 0.4) is 0 Å². The van der Waals surface area contributed by atoms with Gasteiger partial charge >= 0.3 is 0 Å². The van der Waals surface area contributed by atoms with E-state index in [9.17, 15) is 0 Å². The third-order valence-electron chi connectivity index (χ3n) is 3.48. The SMILES string of the molecule is COc1cccc(CCN2CCC(N)CC2)c1. The van der Waals surface area contributed by atoms with Crippen LogP contribution in [-0.2, 0) is 6.42 Å². The Hall–Kier alpha value is -1.06. The monoisotopic (exact) mass is 234 g/mol. The summed E-state index contributed by atoms with van der Waals surface area (Å²) in [4.78, 5) is 2.50. The Balaban J connectivity index is 1.81. The zero-order valence-electron chi connectivity index (χ0n) is 10.6. The van der Waals surface area contributed by atoms with Crippen LogP contribution < -0.4 is 10.5 Å². The van der Waals surface area contributed by atoms with E-state index in [-0.39, 0.29) is 0 Å². The summed E-state index contributed by atoms with van der Waals surface area (Å²) >= 11 is 0. The van der Waals surface area contributed by atoms with E-state index < -0.39 is 0 Å². The topological polar surface area (TPSA) is 38.5 Å². The molecule has 0 aromatic heterocycles. The van der Waals surface area contributed by atoms with Gasteiger partial charge in [-0.3, -0.25) is 0 Å². The van der Waals surface area contributed by atoms with Crippen LogP contribution in [-0.4, -0.2) is 37.7 Å². The number of benzene rings is 1. The van der Waals surface area contributed by atoms with Crippen molar-refractivity contribution in [2.45, 2.75) is 25.3 Å². The number of ether oxygens (including phenoxy) is 1. The van der Waals surface area contributed by atoms with Crippen LogP contribution in [0.25, 0.3) is 0 Å². The highest BCUT2D eigenvalue weighted by Gasteiger charge is 2.15. The average Bonchev–Trinajstić information content (AvgIpc) is 2.38. The molecule has 2 N–H and O–H groups in total. The summed E-state index contributed by atoms with van der Waals surface area (Å²) in [7, 11) is 1.71. The molecule has 1 saturated heterocycles. The molecule has 94 valence electrons. The number of hydrogen-bond acceptors (Lipinski definition) is 3. The molecule has 17 heavy (non-hydrogen) atoms. The molecule has 0 spiro atoms. The summed E-state index contributed by atoms with van der Waals surface area (Å²) < 4.78 is 5.23. The van der Waals surface area contributed by atoms with E-state index in [1.54, 1.807) is 7.11 Å². The summed E-state index contributed by atoms with van der Waals surface area (Å²) in [6.07, 6.45) is 3.36. The van der Waals surface area contributed by atoms with Crippen molar-refractivity contribution in [1.29, 1.82) is 0 Å². The minimum absolute atomic E-state index is 0.420. The lowest BCUT2D eigenvalue weighted by atomic mass is 10.1. The summed E-state index contributed by atoms with van der Waals surface area (Å²) in [5, 5.41) is 0. The molecule has 0 amide bonds. The lowest BCUT2D eigenvalue weighted by molar-refractivity contribution is 0.215. The molecule has 0 radical (unpaired) electrons. The molecule has 1 aliphatic rings. The number of hydrogen-bond donors (Lipinski definition) is 1. The van der Waals surface area contributed by atoms with Crippen LogP contribution in [0.2, 0.25) is 0 Å². The quantitative estimate of drug-likeness (QED) is 0.861. The van der Waals surface area contributed by atoms with Gasteiger partial charge in [-0.1, -0.05) is 12.1 Å². The second kappa shape index (κ2) is 6.03. The van der Waals surface area contributed by atoms with Gasteiger partial charge in [0.25, 0.3) is 0 Å². The van der Waals surface area contributed by atoms with Gasteiger partial charge in [-0.25, -0.2) is 0 Å². The van der Waals surface area contributed by atoms with E-state index in [0.29, 0.717) is 6.04 Å². The average molecular weight is 234 g/mol. The van der Waals surface area contributed by atoms with Crippen LogP contribution in [0.4, 0.5) is 0 Å². The summed E-state index contributed by atoms with van der Waals surface area (Å²) in [5.41, 5.74) is 7.25. The Morgan fingerprint density at radius 3 is 2.82 bits per heavy atom. The van der Waals surface area contributed by atoms with Crippen molar-refractivity contribution in [3.05, 3.63) is 29.8 Å². The van der Waals surface area contributed by atoms with E-state index in [1.165, 1.54) is 5.56 Å². The van der Waals surface area contributed by atoms with Gasteiger partial charge in [-0.2, -0.15) is 0 Å². The van der Waals surface area contributed by atoms with Gasteiger partial charge in [0.1, 0.15) is 5.75 Å². The van der Waals surface area contributed by atoms with Crippen molar-refractivity contribution < 1.29 is 4.74 Å². The lowest BCUT2D eigenvalue weighted by Gasteiger charge is -2.29. The van der Waals surface area contributed by atoms with E-state index >= 15 is 0 Å². The molecule has 3 heteroatoms. The van der Waals surface area contributed by atoms with E-state index in [1.807, 2.05) is 6.07 Å². The van der Waals surface area contributed by atoms with Crippen molar-refractivity contribution in [1.82, 2.24) is 4.90 Å². The predicted octanol–water partition coefficient (Wildman–Crippen LogP) is 1.66. The summed E-state index contributed by atoms with van der Waals surface area (Å²) in [6, 6.07) is 8.75. The third kappa shape index (κ3) is 3.72. The fraction of sp³-hybridized carbons (Fsp3) is 0.571. The van der Waals surface area contributed by atoms with Crippen LogP contribution in [0.5, 0.6) is 5.75 Å². The maximum absolute atomic E-state index is 5.90. The van der Waals surface area contributed by atoms with Crippen LogP contribution in [0, 0.1) is 0 Å². The minimum Gasteiger partial charge on any atom is -0.497 e. The molecule has 0 atom stereocenters. The standard InChI is InChI=1S/C14H22N2O/c1-17-14-4-2-3-12(11-14)5-8-16-9-6-13(15)7-10-16/h2-4,11,13H,5-10,15H2,1H3. The molecule has 2 rings (SSSR count). The lowest BCUT2D eigenvalue weighted by Crippen LogP contribution is -2.40. The molecular formula is C14H22N2O. The molecule has 0 bridgehead atoms. The Morgan fingerprint density at radius 1 is 1.35 bits per heavy atom. The van der Waals surface area contributed by atoms with Crippen molar-refractivity contribution in [3.63, 3.8) is 0 Å². The molecule has 1 aromatic carbocycles. The van der Waals surface area contributed by atoms with Crippen LogP contribution >= 0.6 is 0 Å². The second-order valence-corrected chi connectivity index (χ2v) is 4.78. The first-order valence-electron chi connectivity index (χ1n) is 6.39. The Labute approximate surface area is 104 Å². The smallest absolute Gasteiger partial charge is 0.119 e. The first-order chi connectivity index (χ1) is 8.28. The van der Waals surface area contributed by atoms with E-state index in [4.69, 9.17) is 10.5 Å². The third-order valence-corrected chi connectivity index (χ3v) is 3.48. The van der Waals surface area contributed by atoms with Gasteiger partial charge in [0.2, 0.25) is 0 Å². The Bertz CT molecular complexity index is 346. The fourth-order valence-corrected chi connectivity index (χ4v) is 2.29. The maximum atomic E-state index is 5.90. The number of rotatable bonds is 4. The number of piperidine rings is 1. The fourth-order valence-electron chi connectivity index (χ4n) is 2.29. The second-order valence-electron chi connectivity index (χ2n) is 4.78. The van der Waals surface area contributed by atoms with Crippen LogP contribution in [0.15, 0.2) is 24.3 Å². The highest BCUT2D eigenvalue weighted by atomic mass is 16.5. The molecule has 1 aliphatic heterocycles. The van der Waals surface area contributed by atoms with Gasteiger partial charge in [-0.05, 0) is 50.0 Å². The molecule has 0 aliphatic carbocycles. The molecule has 1 fully saturated rings. The Kier molecular flexibility index (Phi) is 4.40. The maximum Gasteiger partial charge on any atom is 0.119 e. The van der Waals surface area contributed by atoms with Gasteiger partial charge < -0.3 is 15.4 Å². The molecule has 1 heterocycles. The van der Waals surface area contributed by atoms with Crippen molar-refractivity contribution in [2.24, 2.45) is 5.73 Å². The highest BCUT2D eigenvalue weighted by Crippen LogP contribution is 2.14. The molecule has 0 unspecified atom stereocenters. The Morgan fingerprint density at radius 2 is 2.12 bits per heavy atom. The molecule has 1 aromatic rings. The predicted molar refractivity (Wildman–Crippen MR) is 70.3 cm³/mol. The number of likely N-dealkylation sites (tertiary alicyclic amines) is 1. The molecular weight excluding hydrogens is 212 g/mol. The van der Waals surface area contributed by atoms with Gasteiger partial charge in [-0.15, -0.1) is 0 Å². The molecule has 0 saturated carbocycles. The number of nitrogens with two attached hydrogens (primary N) is 1. The summed E-state index contributed by atoms with van der Waals surface area (Å²) in [5.74, 6) is 0.947. The first kappa shape index (κ1) is 12.4. The zero-order valence-corrected chi connectivity index (χ0v) is 10.6. The number of methoxy groups -OCH3 is 1. The van der Waals surface area contributed by atoms with Crippen molar-refractivity contribution in [2.75, 3.05) is 26.7 Å². The first-order valence-corrected chi connectivity index (χ1v) is 6.39. The normalized spacial score (nSPS) is 18.2. The summed E-state index contributed by atoms with van der Waals surface area (Å²) in [6.45, 7) is 3.41. The van der Waals surface area contributed by atoms with Gasteiger partial charge in [0, 0.05) is 12.6 Å². The van der Waals surface area contributed by atoms with Crippen LogP contribution in [0.1, 0.15) is 18.4 Å². The van der Waals surface area contributed by atoms with E-state index in [0.717, 1.165) is 44.6 Å². The number of nitrogens with zero attached hydrogens (tertiary/aromatic N) is 1. The zero-order chi connectivity index (χ0) is 12.1.